The zero-order valence-corrected chi connectivity index (χ0v) is 14.1. The molecule has 0 aromatic carbocycles. The molecule has 3 rings (SSSR count). The van der Waals surface area contributed by atoms with Crippen LogP contribution in [0.4, 0.5) is 0 Å². The summed E-state index contributed by atoms with van der Waals surface area (Å²) in [6.07, 6.45) is 1.71. The summed E-state index contributed by atoms with van der Waals surface area (Å²) < 4.78 is 32.6. The standard InChI is InChI=1S/C14H20N2O4S2/c1-20-9-8-15-11-6-7-16(12(11)4-5-13(15)17)22(18,19)14-3-2-10-21-14/h2-3,10-12H,4-9H2,1H3/t11-,12-/m1/s1. The van der Waals surface area contributed by atoms with Gasteiger partial charge in [0.1, 0.15) is 4.21 Å². The van der Waals surface area contributed by atoms with Crippen molar-refractivity contribution in [1.82, 2.24) is 9.21 Å². The van der Waals surface area contributed by atoms with Crippen molar-refractivity contribution < 1.29 is 17.9 Å². The number of ether oxygens (including phenoxy) is 1. The molecule has 0 saturated carbocycles. The van der Waals surface area contributed by atoms with Gasteiger partial charge in [-0.05, 0) is 24.3 Å². The first kappa shape index (κ1) is 15.9. The Balaban J connectivity index is 1.82. The molecule has 2 aliphatic rings. The van der Waals surface area contributed by atoms with Crippen LogP contribution in [0.3, 0.4) is 0 Å². The van der Waals surface area contributed by atoms with Gasteiger partial charge in [-0.25, -0.2) is 8.42 Å². The highest BCUT2D eigenvalue weighted by molar-refractivity contribution is 7.91. The fraction of sp³-hybridized carbons (Fsp3) is 0.643. The number of thiophene rings is 1. The lowest BCUT2D eigenvalue weighted by atomic mass is 9.97. The molecular formula is C14H20N2O4S2. The van der Waals surface area contributed by atoms with Crippen LogP contribution in [0.2, 0.25) is 0 Å². The number of rotatable bonds is 5. The van der Waals surface area contributed by atoms with Crippen molar-refractivity contribution in [2.45, 2.75) is 35.6 Å². The summed E-state index contributed by atoms with van der Waals surface area (Å²) in [5.74, 6) is 0.105. The van der Waals surface area contributed by atoms with E-state index < -0.39 is 10.0 Å². The third-order valence-electron chi connectivity index (χ3n) is 4.43. The van der Waals surface area contributed by atoms with Gasteiger partial charge in [0.2, 0.25) is 5.91 Å². The van der Waals surface area contributed by atoms with Gasteiger partial charge in [0.05, 0.1) is 6.61 Å². The Hall–Kier alpha value is -0.960. The van der Waals surface area contributed by atoms with Crippen LogP contribution in [0.5, 0.6) is 0 Å². The van der Waals surface area contributed by atoms with E-state index in [1.54, 1.807) is 28.9 Å². The Morgan fingerprint density at radius 1 is 1.36 bits per heavy atom. The van der Waals surface area contributed by atoms with Crippen molar-refractivity contribution in [3.05, 3.63) is 17.5 Å². The Morgan fingerprint density at radius 3 is 2.86 bits per heavy atom. The highest BCUT2D eigenvalue weighted by Crippen LogP contribution is 2.35. The van der Waals surface area contributed by atoms with Crippen LogP contribution in [0.1, 0.15) is 19.3 Å². The summed E-state index contributed by atoms with van der Waals surface area (Å²) >= 11 is 1.24. The quantitative estimate of drug-likeness (QED) is 0.804. The average Bonchev–Trinajstić information content (AvgIpc) is 3.16. The van der Waals surface area contributed by atoms with E-state index >= 15 is 0 Å². The summed E-state index contributed by atoms with van der Waals surface area (Å²) in [6.45, 7) is 1.49. The van der Waals surface area contributed by atoms with Crippen LogP contribution in [0.15, 0.2) is 21.7 Å². The summed E-state index contributed by atoms with van der Waals surface area (Å²) in [5.41, 5.74) is 0. The predicted octanol–water partition coefficient (Wildman–Crippen LogP) is 1.15. The van der Waals surface area contributed by atoms with E-state index in [0.717, 1.165) is 0 Å². The highest BCUT2D eigenvalue weighted by atomic mass is 32.2. The number of hydrogen-bond acceptors (Lipinski definition) is 5. The van der Waals surface area contributed by atoms with Gasteiger partial charge in [-0.15, -0.1) is 11.3 Å². The molecule has 0 aliphatic carbocycles. The first-order valence-electron chi connectivity index (χ1n) is 7.39. The molecule has 8 heteroatoms. The second-order valence-electron chi connectivity index (χ2n) is 5.59. The van der Waals surface area contributed by atoms with Crippen LogP contribution < -0.4 is 0 Å². The van der Waals surface area contributed by atoms with Gasteiger partial charge in [0.25, 0.3) is 10.0 Å². The molecule has 122 valence electrons. The third-order valence-corrected chi connectivity index (χ3v) is 7.73. The normalized spacial score (nSPS) is 26.4. The molecular weight excluding hydrogens is 324 g/mol. The molecule has 2 aliphatic heterocycles. The summed E-state index contributed by atoms with van der Waals surface area (Å²) in [6, 6.07) is 3.26. The first-order chi connectivity index (χ1) is 10.6. The fourth-order valence-electron chi connectivity index (χ4n) is 3.41. The van der Waals surface area contributed by atoms with Gasteiger partial charge in [0, 0.05) is 38.7 Å². The van der Waals surface area contributed by atoms with Gasteiger partial charge in [-0.3, -0.25) is 4.79 Å². The minimum absolute atomic E-state index is 0.0221. The van der Waals surface area contributed by atoms with Crippen molar-refractivity contribution in [2.75, 3.05) is 26.8 Å². The first-order valence-corrected chi connectivity index (χ1v) is 9.71. The summed E-state index contributed by atoms with van der Waals surface area (Å²) in [7, 11) is -1.84. The van der Waals surface area contributed by atoms with Gasteiger partial charge in [-0.1, -0.05) is 6.07 Å². The minimum Gasteiger partial charge on any atom is -0.383 e. The lowest BCUT2D eigenvalue weighted by Crippen LogP contribution is -2.53. The zero-order chi connectivity index (χ0) is 15.7. The summed E-state index contributed by atoms with van der Waals surface area (Å²) in [5, 5.41) is 1.77. The molecule has 2 saturated heterocycles. The van der Waals surface area contributed by atoms with Gasteiger partial charge in [0.15, 0.2) is 0 Å². The van der Waals surface area contributed by atoms with Crippen molar-refractivity contribution in [1.29, 1.82) is 0 Å². The van der Waals surface area contributed by atoms with Crippen LogP contribution in [-0.2, 0) is 19.6 Å². The number of hydrogen-bond donors (Lipinski definition) is 0. The van der Waals surface area contributed by atoms with E-state index in [9.17, 15) is 13.2 Å². The summed E-state index contributed by atoms with van der Waals surface area (Å²) in [4.78, 5) is 13.9. The average molecular weight is 344 g/mol. The Bertz CT molecular complexity index is 629. The van der Waals surface area contributed by atoms with Gasteiger partial charge >= 0.3 is 0 Å². The maximum Gasteiger partial charge on any atom is 0.252 e. The monoisotopic (exact) mass is 344 g/mol. The van der Waals surface area contributed by atoms with E-state index in [-0.39, 0.29) is 18.0 Å². The van der Waals surface area contributed by atoms with Crippen LogP contribution in [0.25, 0.3) is 0 Å². The van der Waals surface area contributed by atoms with Crippen molar-refractivity contribution in [2.24, 2.45) is 0 Å². The molecule has 6 nitrogen and oxygen atoms in total. The fourth-order valence-corrected chi connectivity index (χ4v) is 6.23. The third kappa shape index (κ3) is 2.68. The van der Waals surface area contributed by atoms with E-state index in [1.165, 1.54) is 11.3 Å². The number of carbonyl (C=O) groups is 1. The van der Waals surface area contributed by atoms with Gasteiger partial charge in [-0.2, -0.15) is 4.31 Å². The molecule has 0 bridgehead atoms. The van der Waals surface area contributed by atoms with Crippen molar-refractivity contribution in [3.8, 4) is 0 Å². The lowest BCUT2D eigenvalue weighted by molar-refractivity contribution is -0.138. The molecule has 0 spiro atoms. The number of sulfonamides is 1. The zero-order valence-electron chi connectivity index (χ0n) is 12.5. The molecule has 0 unspecified atom stereocenters. The Labute approximate surface area is 134 Å². The largest absolute Gasteiger partial charge is 0.383 e. The van der Waals surface area contributed by atoms with E-state index in [4.69, 9.17) is 4.74 Å². The molecule has 2 fully saturated rings. The van der Waals surface area contributed by atoms with E-state index in [0.29, 0.717) is 43.2 Å². The highest BCUT2D eigenvalue weighted by Gasteiger charge is 2.47. The van der Waals surface area contributed by atoms with E-state index in [2.05, 4.69) is 0 Å². The number of carbonyl (C=O) groups excluding carboxylic acids is 1. The van der Waals surface area contributed by atoms with Crippen molar-refractivity contribution >= 4 is 27.3 Å². The number of likely N-dealkylation sites (tertiary alicyclic amines) is 1. The van der Waals surface area contributed by atoms with Crippen LogP contribution >= 0.6 is 11.3 Å². The number of amides is 1. The topological polar surface area (TPSA) is 66.9 Å². The minimum atomic E-state index is -3.44. The second-order valence-corrected chi connectivity index (χ2v) is 8.65. The number of nitrogens with zero attached hydrogens (tertiary/aromatic N) is 2. The molecule has 2 atom stereocenters. The lowest BCUT2D eigenvalue weighted by Gasteiger charge is -2.39. The van der Waals surface area contributed by atoms with Crippen LogP contribution in [-0.4, -0.2) is 62.4 Å². The number of fused-ring (bicyclic) bond motifs is 1. The molecule has 0 N–H and O–H groups in total. The second kappa shape index (κ2) is 6.27. The molecule has 0 radical (unpaired) electrons. The molecule has 1 amide bonds. The molecule has 1 aromatic rings. The Morgan fingerprint density at radius 2 is 2.18 bits per heavy atom. The molecule has 3 heterocycles. The van der Waals surface area contributed by atoms with Gasteiger partial charge < -0.3 is 9.64 Å². The predicted molar refractivity (Wildman–Crippen MR) is 83.2 cm³/mol. The van der Waals surface area contributed by atoms with E-state index in [1.807, 2.05) is 4.90 Å². The maximum absolute atomic E-state index is 12.8. The smallest absolute Gasteiger partial charge is 0.252 e. The molecule has 1 aromatic heterocycles. The molecule has 22 heavy (non-hydrogen) atoms. The maximum atomic E-state index is 12.8. The number of piperidine rings is 1. The SMILES string of the molecule is COCCN1C(=O)CC[C@@H]2[C@H]1CCN2S(=O)(=O)c1cccs1. The van der Waals surface area contributed by atoms with Crippen LogP contribution in [0, 0.1) is 0 Å². The number of methoxy groups -OCH3 is 1. The van der Waals surface area contributed by atoms with Crippen molar-refractivity contribution in [3.63, 3.8) is 0 Å². The Kier molecular flexibility index (Phi) is 4.54.